The van der Waals surface area contributed by atoms with Crippen molar-refractivity contribution in [2.24, 2.45) is 0 Å². The molecule has 4 aromatic rings. The maximum absolute atomic E-state index is 12.4. The van der Waals surface area contributed by atoms with Crippen LogP contribution in [0.4, 0.5) is 0 Å². The number of nitrogens with zero attached hydrogens (tertiary/aromatic N) is 1. The summed E-state index contributed by atoms with van der Waals surface area (Å²) >= 11 is 1.64. The average Bonchev–Trinajstić information content (AvgIpc) is 3.31. The van der Waals surface area contributed by atoms with Gasteiger partial charge in [-0.3, -0.25) is 0 Å². The van der Waals surface area contributed by atoms with E-state index < -0.39 is 5.41 Å². The molecule has 1 heterocycles. The molecule has 144 valence electrons. The van der Waals surface area contributed by atoms with E-state index in [0.717, 1.165) is 53.5 Å². The molecule has 0 saturated heterocycles. The Labute approximate surface area is 174 Å². The van der Waals surface area contributed by atoms with Crippen LogP contribution in [-0.2, 0) is 10.2 Å². The molecule has 5 rings (SSSR count). The van der Waals surface area contributed by atoms with Crippen molar-refractivity contribution in [3.63, 3.8) is 0 Å². The zero-order valence-electron chi connectivity index (χ0n) is 16.0. The van der Waals surface area contributed by atoms with Crippen LogP contribution in [0.15, 0.2) is 82.4 Å². The van der Waals surface area contributed by atoms with Crippen LogP contribution in [0.3, 0.4) is 0 Å². The molecular weight excluding hydrogens is 378 g/mol. The predicted molar refractivity (Wildman–Crippen MR) is 117 cm³/mol. The normalized spacial score (nSPS) is 13.9. The van der Waals surface area contributed by atoms with E-state index in [-0.39, 0.29) is 0 Å². The molecule has 4 heteroatoms. The minimum atomic E-state index is -0.532. The van der Waals surface area contributed by atoms with Gasteiger partial charge in [-0.2, -0.15) is 0 Å². The number of hydrogen-bond donors (Lipinski definition) is 0. The predicted octanol–water partition coefficient (Wildman–Crippen LogP) is 6.26. The smallest absolute Gasteiger partial charge is 0.256 e. The highest BCUT2D eigenvalue weighted by molar-refractivity contribution is 7.99. The summed E-state index contributed by atoms with van der Waals surface area (Å²) in [5, 5.41) is 0.716. The molecule has 0 spiro atoms. The van der Waals surface area contributed by atoms with Gasteiger partial charge in [0.1, 0.15) is 11.8 Å². The van der Waals surface area contributed by atoms with Gasteiger partial charge in [0.25, 0.3) is 5.22 Å². The van der Waals surface area contributed by atoms with Crippen LogP contribution in [0, 0.1) is 0 Å². The van der Waals surface area contributed by atoms with E-state index in [1.807, 2.05) is 48.5 Å². The standard InChI is InChI=1S/C25H21NO2S/c27-17-25(20-11-3-1-9-18(20)19-10-2-4-12-21(19)25)15-7-8-16-29-24-26-22-13-5-6-14-23(22)28-24/h1-6,9-14,17H,7-8,15-16H2. The first kappa shape index (κ1) is 18.2. The van der Waals surface area contributed by atoms with Crippen LogP contribution in [-0.4, -0.2) is 17.0 Å². The molecule has 0 unspecified atom stereocenters. The Morgan fingerprint density at radius 1 is 0.862 bits per heavy atom. The zero-order chi connectivity index (χ0) is 19.7. The van der Waals surface area contributed by atoms with E-state index >= 15 is 0 Å². The highest BCUT2D eigenvalue weighted by Crippen LogP contribution is 2.50. The average molecular weight is 400 g/mol. The molecule has 3 nitrogen and oxygen atoms in total. The lowest BCUT2D eigenvalue weighted by Gasteiger charge is -2.25. The second-order valence-electron chi connectivity index (χ2n) is 7.43. The number of para-hydroxylation sites is 2. The Kier molecular flexibility index (Phi) is 4.72. The number of aldehydes is 1. The number of carbonyl (C=O) groups is 1. The van der Waals surface area contributed by atoms with Gasteiger partial charge in [0.2, 0.25) is 0 Å². The fourth-order valence-corrected chi connectivity index (χ4v) is 5.23. The van der Waals surface area contributed by atoms with Crippen LogP contribution in [0.25, 0.3) is 22.2 Å². The number of hydrogen-bond acceptors (Lipinski definition) is 4. The Hall–Kier alpha value is -2.85. The largest absolute Gasteiger partial charge is 0.431 e. The second kappa shape index (κ2) is 7.53. The summed E-state index contributed by atoms with van der Waals surface area (Å²) in [6.45, 7) is 0. The van der Waals surface area contributed by atoms with E-state index in [2.05, 4.69) is 29.2 Å². The van der Waals surface area contributed by atoms with Crippen molar-refractivity contribution in [1.29, 1.82) is 0 Å². The first-order chi connectivity index (χ1) is 14.3. The van der Waals surface area contributed by atoms with Crippen molar-refractivity contribution in [1.82, 2.24) is 4.98 Å². The van der Waals surface area contributed by atoms with Gasteiger partial charge in [0, 0.05) is 5.75 Å². The summed E-state index contributed by atoms with van der Waals surface area (Å²) in [4.78, 5) is 16.9. The number of oxazole rings is 1. The van der Waals surface area contributed by atoms with Crippen LogP contribution in [0.5, 0.6) is 0 Å². The summed E-state index contributed by atoms with van der Waals surface area (Å²) in [5.74, 6) is 0.922. The van der Waals surface area contributed by atoms with Crippen LogP contribution in [0.1, 0.15) is 30.4 Å². The molecule has 3 aromatic carbocycles. The summed E-state index contributed by atoms with van der Waals surface area (Å²) < 4.78 is 5.78. The second-order valence-corrected chi connectivity index (χ2v) is 8.48. The minimum absolute atomic E-state index is 0.532. The first-order valence-corrected chi connectivity index (χ1v) is 10.9. The van der Waals surface area contributed by atoms with Gasteiger partial charge >= 0.3 is 0 Å². The van der Waals surface area contributed by atoms with Gasteiger partial charge in [0.05, 0.1) is 5.41 Å². The van der Waals surface area contributed by atoms with Crippen LogP contribution in [0.2, 0.25) is 0 Å². The molecular formula is C25H21NO2S. The highest BCUT2D eigenvalue weighted by atomic mass is 32.2. The van der Waals surface area contributed by atoms with Gasteiger partial charge in [-0.1, -0.05) is 78.8 Å². The number of fused-ring (bicyclic) bond motifs is 4. The minimum Gasteiger partial charge on any atom is -0.431 e. The lowest BCUT2D eigenvalue weighted by atomic mass is 9.75. The van der Waals surface area contributed by atoms with Gasteiger partial charge in [0.15, 0.2) is 5.58 Å². The van der Waals surface area contributed by atoms with Gasteiger partial charge in [-0.05, 0) is 47.2 Å². The van der Waals surface area contributed by atoms with Crippen LogP contribution >= 0.6 is 11.8 Å². The summed E-state index contributed by atoms with van der Waals surface area (Å²) in [5.41, 5.74) is 5.86. The first-order valence-electron chi connectivity index (χ1n) is 9.96. The summed E-state index contributed by atoms with van der Waals surface area (Å²) in [6, 6.07) is 24.5. The zero-order valence-corrected chi connectivity index (χ0v) is 16.8. The molecule has 0 atom stereocenters. The summed E-state index contributed by atoms with van der Waals surface area (Å²) in [6.07, 6.45) is 3.95. The fraction of sp³-hybridized carbons (Fsp3) is 0.200. The molecule has 0 radical (unpaired) electrons. The highest BCUT2D eigenvalue weighted by Gasteiger charge is 2.42. The van der Waals surface area contributed by atoms with Crippen LogP contribution < -0.4 is 0 Å². The van der Waals surface area contributed by atoms with E-state index in [4.69, 9.17) is 4.42 Å². The number of unbranched alkanes of at least 4 members (excludes halogenated alkanes) is 1. The summed E-state index contributed by atoms with van der Waals surface area (Å²) in [7, 11) is 0. The van der Waals surface area contributed by atoms with Crippen molar-refractivity contribution in [2.75, 3.05) is 5.75 Å². The maximum atomic E-state index is 12.4. The van der Waals surface area contributed by atoms with Gasteiger partial charge in [-0.25, -0.2) is 4.98 Å². The van der Waals surface area contributed by atoms with E-state index in [0.29, 0.717) is 5.22 Å². The molecule has 1 aliphatic carbocycles. The number of thioether (sulfide) groups is 1. The molecule has 0 amide bonds. The molecule has 0 fully saturated rings. The molecule has 29 heavy (non-hydrogen) atoms. The Bertz CT molecular complexity index is 1100. The molecule has 1 aromatic heterocycles. The van der Waals surface area contributed by atoms with E-state index in [1.54, 1.807) is 11.8 Å². The molecule has 0 N–H and O–H groups in total. The fourth-order valence-electron chi connectivity index (χ4n) is 4.39. The van der Waals surface area contributed by atoms with Crippen molar-refractivity contribution in [2.45, 2.75) is 29.9 Å². The number of aromatic nitrogens is 1. The lowest BCUT2D eigenvalue weighted by molar-refractivity contribution is -0.111. The number of rotatable bonds is 7. The monoisotopic (exact) mass is 399 g/mol. The number of carbonyl (C=O) groups excluding carboxylic acids is 1. The van der Waals surface area contributed by atoms with E-state index in [1.165, 1.54) is 11.1 Å². The van der Waals surface area contributed by atoms with Crippen molar-refractivity contribution in [3.8, 4) is 11.1 Å². The topological polar surface area (TPSA) is 43.1 Å². The van der Waals surface area contributed by atoms with Gasteiger partial charge in [-0.15, -0.1) is 0 Å². The number of benzene rings is 3. The molecule has 0 bridgehead atoms. The van der Waals surface area contributed by atoms with E-state index in [9.17, 15) is 4.79 Å². The SMILES string of the molecule is O=CC1(CCCCSc2nc3ccccc3o2)c2ccccc2-c2ccccc21. The van der Waals surface area contributed by atoms with Crippen molar-refractivity contribution in [3.05, 3.63) is 83.9 Å². The Morgan fingerprint density at radius 3 is 2.21 bits per heavy atom. The lowest BCUT2D eigenvalue weighted by Crippen LogP contribution is -2.27. The Morgan fingerprint density at radius 2 is 1.52 bits per heavy atom. The van der Waals surface area contributed by atoms with Crippen molar-refractivity contribution < 1.29 is 9.21 Å². The third kappa shape index (κ3) is 3.08. The van der Waals surface area contributed by atoms with Crippen molar-refractivity contribution >= 4 is 29.1 Å². The molecule has 1 aliphatic rings. The molecule has 0 aliphatic heterocycles. The quantitative estimate of drug-likeness (QED) is 0.209. The maximum Gasteiger partial charge on any atom is 0.256 e. The third-order valence-electron chi connectivity index (χ3n) is 5.77. The third-order valence-corrected chi connectivity index (χ3v) is 6.69. The molecule has 0 saturated carbocycles. The Balaban J connectivity index is 1.29. The van der Waals surface area contributed by atoms with Gasteiger partial charge < -0.3 is 9.21 Å².